The van der Waals surface area contributed by atoms with E-state index in [0.717, 1.165) is 57.8 Å². The van der Waals surface area contributed by atoms with Gasteiger partial charge >= 0.3 is 19.8 Å². The van der Waals surface area contributed by atoms with Crippen LogP contribution in [0.1, 0.15) is 129 Å². The lowest BCUT2D eigenvalue weighted by atomic mass is 10.2. The van der Waals surface area contributed by atoms with Gasteiger partial charge in [0, 0.05) is 12.8 Å². The van der Waals surface area contributed by atoms with Crippen LogP contribution in [-0.2, 0) is 32.7 Å². The van der Waals surface area contributed by atoms with Gasteiger partial charge in [0.1, 0.15) is 12.7 Å². The Hall–Kier alpha value is -3.37. The number of aliphatic hydroxyl groups excluding tert-OH is 2. The van der Waals surface area contributed by atoms with Crippen molar-refractivity contribution in [1.29, 1.82) is 0 Å². The van der Waals surface area contributed by atoms with Crippen molar-refractivity contribution < 1.29 is 47.8 Å². The summed E-state index contributed by atoms with van der Waals surface area (Å²) in [4.78, 5) is 34.9. The van der Waals surface area contributed by atoms with Gasteiger partial charge in [-0.2, -0.15) is 0 Å². The minimum atomic E-state index is -4.65. The molecule has 0 spiro atoms. The van der Waals surface area contributed by atoms with Crippen LogP contribution in [0.4, 0.5) is 0 Å². The maximum Gasteiger partial charge on any atom is 0.472 e. The van der Waals surface area contributed by atoms with E-state index in [4.69, 9.17) is 19.1 Å². The van der Waals surface area contributed by atoms with E-state index in [0.29, 0.717) is 25.7 Å². The Morgan fingerprint density at radius 1 is 0.544 bits per heavy atom. The SMILES string of the molecule is CC/C=C\C/C=C\C/C=C\C/C=C\C/C=C\CCCC(=O)O[C@H](COC(=O)CCC/C=C\C/C=C\C/C=C\C/C=C\CCCCC)COP(=O)(O)OC[C@@H](O)CO. The number of ether oxygens (including phenoxy) is 2. The van der Waals surface area contributed by atoms with Crippen LogP contribution in [0, 0.1) is 0 Å². The lowest BCUT2D eigenvalue weighted by molar-refractivity contribution is -0.161. The molecular formula is C46H73O10P. The topological polar surface area (TPSA) is 149 Å². The number of hydrogen-bond acceptors (Lipinski definition) is 9. The molecular weight excluding hydrogens is 743 g/mol. The third-order valence-corrected chi connectivity index (χ3v) is 8.86. The van der Waals surface area contributed by atoms with Crippen LogP contribution in [0.25, 0.3) is 0 Å². The molecule has 3 atom stereocenters. The molecule has 0 aliphatic carbocycles. The highest BCUT2D eigenvalue weighted by atomic mass is 31.2. The van der Waals surface area contributed by atoms with Crippen LogP contribution in [0.15, 0.2) is 109 Å². The molecule has 0 bridgehead atoms. The lowest BCUT2D eigenvalue weighted by Gasteiger charge is -2.20. The number of allylic oxidation sites excluding steroid dienone is 18. The number of phosphoric acid groups is 1. The molecule has 10 nitrogen and oxygen atoms in total. The molecule has 0 radical (unpaired) electrons. The smallest absolute Gasteiger partial charge is 0.462 e. The Bertz CT molecular complexity index is 1310. The van der Waals surface area contributed by atoms with Crippen molar-refractivity contribution in [2.24, 2.45) is 0 Å². The van der Waals surface area contributed by atoms with Crippen LogP contribution in [-0.4, -0.2) is 65.7 Å². The van der Waals surface area contributed by atoms with Crippen molar-refractivity contribution in [3.8, 4) is 0 Å². The van der Waals surface area contributed by atoms with Crippen LogP contribution in [0.3, 0.4) is 0 Å². The molecule has 0 rings (SSSR count). The number of aliphatic hydroxyl groups is 2. The summed E-state index contributed by atoms with van der Waals surface area (Å²) in [6.07, 6.45) is 50.7. The van der Waals surface area contributed by atoms with Crippen molar-refractivity contribution in [3.63, 3.8) is 0 Å². The molecule has 0 aromatic carbocycles. The van der Waals surface area contributed by atoms with E-state index in [9.17, 15) is 24.2 Å². The van der Waals surface area contributed by atoms with Crippen molar-refractivity contribution in [2.75, 3.05) is 26.4 Å². The fraction of sp³-hybridized carbons (Fsp3) is 0.565. The summed E-state index contributed by atoms with van der Waals surface area (Å²) in [5, 5.41) is 18.3. The maximum absolute atomic E-state index is 12.6. The number of phosphoric ester groups is 1. The molecule has 0 aliphatic heterocycles. The minimum absolute atomic E-state index is 0.0871. The fourth-order valence-corrected chi connectivity index (χ4v) is 5.51. The van der Waals surface area contributed by atoms with Gasteiger partial charge in [-0.15, -0.1) is 0 Å². The molecule has 0 aromatic rings. The molecule has 1 unspecified atom stereocenters. The molecule has 0 aromatic heterocycles. The lowest BCUT2D eigenvalue weighted by Crippen LogP contribution is -2.29. The summed E-state index contributed by atoms with van der Waals surface area (Å²) in [6, 6.07) is 0. The van der Waals surface area contributed by atoms with E-state index in [1.807, 2.05) is 24.3 Å². The molecule has 0 fully saturated rings. The molecule has 11 heteroatoms. The third kappa shape index (κ3) is 40.6. The molecule has 0 saturated carbocycles. The zero-order chi connectivity index (χ0) is 41.9. The molecule has 0 heterocycles. The number of esters is 2. The summed E-state index contributed by atoms with van der Waals surface area (Å²) in [7, 11) is -4.65. The van der Waals surface area contributed by atoms with Crippen LogP contribution < -0.4 is 0 Å². The van der Waals surface area contributed by atoms with Gasteiger partial charge in [0.25, 0.3) is 0 Å². The van der Waals surface area contributed by atoms with Gasteiger partial charge in [0.15, 0.2) is 6.10 Å². The second-order valence-electron chi connectivity index (χ2n) is 13.3. The number of unbranched alkanes of at least 4 members (excludes halogenated alkanes) is 5. The largest absolute Gasteiger partial charge is 0.472 e. The van der Waals surface area contributed by atoms with Gasteiger partial charge in [0.05, 0.1) is 19.8 Å². The quantitative estimate of drug-likeness (QED) is 0.0239. The van der Waals surface area contributed by atoms with Crippen molar-refractivity contribution >= 4 is 19.8 Å². The van der Waals surface area contributed by atoms with Gasteiger partial charge in [-0.05, 0) is 89.9 Å². The van der Waals surface area contributed by atoms with E-state index in [2.05, 4.69) is 103 Å². The highest BCUT2D eigenvalue weighted by Crippen LogP contribution is 2.43. The average molecular weight is 817 g/mol. The van der Waals surface area contributed by atoms with E-state index < -0.39 is 51.8 Å². The molecule has 3 N–H and O–H groups in total. The third-order valence-electron chi connectivity index (χ3n) is 7.91. The average Bonchev–Trinajstić information content (AvgIpc) is 3.20. The van der Waals surface area contributed by atoms with E-state index in [1.54, 1.807) is 0 Å². The predicted octanol–water partition coefficient (Wildman–Crippen LogP) is 11.0. The second-order valence-corrected chi connectivity index (χ2v) is 14.7. The van der Waals surface area contributed by atoms with Crippen molar-refractivity contribution in [1.82, 2.24) is 0 Å². The van der Waals surface area contributed by atoms with Crippen LogP contribution in [0.2, 0.25) is 0 Å². The normalized spacial score (nSPS) is 15.0. The van der Waals surface area contributed by atoms with Gasteiger partial charge < -0.3 is 24.6 Å². The summed E-state index contributed by atoms with van der Waals surface area (Å²) in [5.41, 5.74) is 0. The molecule has 322 valence electrons. The Balaban J connectivity index is 4.54. The summed E-state index contributed by atoms with van der Waals surface area (Å²) >= 11 is 0. The fourth-order valence-electron chi connectivity index (χ4n) is 4.72. The molecule has 0 amide bonds. The van der Waals surface area contributed by atoms with Gasteiger partial charge in [-0.25, -0.2) is 4.57 Å². The summed E-state index contributed by atoms with van der Waals surface area (Å²) in [5.74, 6) is -1.07. The Labute approximate surface area is 344 Å². The highest BCUT2D eigenvalue weighted by molar-refractivity contribution is 7.47. The monoisotopic (exact) mass is 816 g/mol. The van der Waals surface area contributed by atoms with Gasteiger partial charge in [-0.1, -0.05) is 136 Å². The number of hydrogen-bond donors (Lipinski definition) is 3. The first kappa shape index (κ1) is 53.6. The van der Waals surface area contributed by atoms with Gasteiger partial charge in [0.2, 0.25) is 0 Å². The molecule has 0 aliphatic rings. The van der Waals surface area contributed by atoms with Crippen molar-refractivity contribution in [3.05, 3.63) is 109 Å². The van der Waals surface area contributed by atoms with Crippen molar-refractivity contribution in [2.45, 2.75) is 142 Å². The Morgan fingerprint density at radius 2 is 0.947 bits per heavy atom. The number of rotatable bonds is 37. The Kier molecular flexibility index (Phi) is 38.4. The van der Waals surface area contributed by atoms with E-state index in [-0.39, 0.29) is 19.4 Å². The summed E-state index contributed by atoms with van der Waals surface area (Å²) < 4.78 is 32.5. The zero-order valence-corrected chi connectivity index (χ0v) is 35.6. The second kappa shape index (κ2) is 40.8. The van der Waals surface area contributed by atoms with E-state index in [1.165, 1.54) is 19.3 Å². The maximum atomic E-state index is 12.6. The molecule has 57 heavy (non-hydrogen) atoms. The van der Waals surface area contributed by atoms with Gasteiger partial charge in [-0.3, -0.25) is 18.6 Å². The molecule has 0 saturated heterocycles. The van der Waals surface area contributed by atoms with E-state index >= 15 is 0 Å². The number of carbonyl (C=O) groups excluding carboxylic acids is 2. The number of carbonyl (C=O) groups is 2. The zero-order valence-electron chi connectivity index (χ0n) is 34.7. The first-order chi connectivity index (χ1) is 27.7. The summed E-state index contributed by atoms with van der Waals surface area (Å²) in [6.45, 7) is 2.07. The highest BCUT2D eigenvalue weighted by Gasteiger charge is 2.27. The predicted molar refractivity (Wildman–Crippen MR) is 232 cm³/mol. The Morgan fingerprint density at radius 3 is 1.39 bits per heavy atom. The van der Waals surface area contributed by atoms with Crippen LogP contribution >= 0.6 is 7.82 Å². The van der Waals surface area contributed by atoms with Crippen LogP contribution in [0.5, 0.6) is 0 Å². The minimum Gasteiger partial charge on any atom is -0.462 e. The first-order valence-corrected chi connectivity index (χ1v) is 22.3. The standard InChI is InChI=1S/C46H73O10P/c1-3-5-7-9-11-13-15-17-19-21-23-25-27-29-31-33-35-37-45(49)53-41-44(42-55-57(51,52)54-40-43(48)39-47)56-46(50)38-36-34-32-30-28-26-24-22-20-18-16-14-12-10-8-6-4-2/h6,8,11-14,17-20,23-26,29-32,43-44,47-48H,3-5,7,9-10,15-16,21-22,27-28,33-42H2,1-2H3,(H,51,52)/b8-6-,13-11-,14-12-,19-17-,20-18-,25-23-,26-24-,31-29-,32-30-/t43-,44+/m0/s1. The first-order valence-electron chi connectivity index (χ1n) is 20.8.